The summed E-state index contributed by atoms with van der Waals surface area (Å²) in [6.07, 6.45) is 0.340. The normalized spacial score (nSPS) is 19.2. The van der Waals surface area contributed by atoms with Gasteiger partial charge in [-0.15, -0.1) is 0 Å². The molecule has 1 aromatic rings. The maximum atomic E-state index is 12.4. The summed E-state index contributed by atoms with van der Waals surface area (Å²) < 4.78 is 36.3. The third kappa shape index (κ3) is 3.76. The average molecular weight is 329 g/mol. The van der Waals surface area contributed by atoms with Crippen LogP contribution in [0.1, 0.15) is 6.42 Å². The molecule has 122 valence electrons. The van der Waals surface area contributed by atoms with Crippen LogP contribution in [0.4, 0.5) is 0 Å². The molecule has 1 fully saturated rings. The maximum Gasteiger partial charge on any atom is 0.307 e. The summed E-state index contributed by atoms with van der Waals surface area (Å²) in [4.78, 5) is 11.1. The molecule has 0 aliphatic carbocycles. The van der Waals surface area contributed by atoms with Gasteiger partial charge in [0.05, 0.1) is 17.4 Å². The van der Waals surface area contributed by atoms with Crippen molar-refractivity contribution in [3.05, 3.63) is 24.3 Å². The molecule has 1 aromatic carbocycles. The summed E-state index contributed by atoms with van der Waals surface area (Å²) in [5.74, 6) is -1.04. The Hall–Kier alpha value is -1.64. The molecule has 7 nitrogen and oxygen atoms in total. The highest BCUT2D eigenvalue weighted by Crippen LogP contribution is 2.25. The number of carbonyl (C=O) groups is 1. The minimum Gasteiger partial charge on any atom is -0.491 e. The molecule has 0 spiro atoms. The van der Waals surface area contributed by atoms with Crippen molar-refractivity contribution in [3.63, 3.8) is 0 Å². The van der Waals surface area contributed by atoms with Crippen LogP contribution < -0.4 is 4.74 Å². The first-order valence-corrected chi connectivity index (χ1v) is 8.34. The fraction of sp³-hybridized carbons (Fsp3) is 0.500. The van der Waals surface area contributed by atoms with Crippen LogP contribution in [-0.2, 0) is 19.6 Å². The van der Waals surface area contributed by atoms with Gasteiger partial charge in [-0.25, -0.2) is 8.42 Å². The van der Waals surface area contributed by atoms with Gasteiger partial charge in [0.15, 0.2) is 0 Å². The Morgan fingerprint density at radius 3 is 2.55 bits per heavy atom. The van der Waals surface area contributed by atoms with Gasteiger partial charge in [0, 0.05) is 20.2 Å². The second kappa shape index (κ2) is 7.08. The van der Waals surface area contributed by atoms with E-state index in [9.17, 15) is 13.2 Å². The zero-order valence-corrected chi connectivity index (χ0v) is 13.1. The first-order chi connectivity index (χ1) is 10.4. The molecular weight excluding hydrogens is 310 g/mol. The molecule has 22 heavy (non-hydrogen) atoms. The quantitative estimate of drug-likeness (QED) is 0.744. The van der Waals surface area contributed by atoms with E-state index in [0.717, 1.165) is 0 Å². The number of carboxylic acid groups (broad SMARTS) is 1. The van der Waals surface area contributed by atoms with Gasteiger partial charge in [-0.05, 0) is 30.7 Å². The monoisotopic (exact) mass is 329 g/mol. The van der Waals surface area contributed by atoms with E-state index in [-0.39, 0.29) is 18.0 Å². The van der Waals surface area contributed by atoms with Gasteiger partial charge >= 0.3 is 5.97 Å². The van der Waals surface area contributed by atoms with E-state index in [0.29, 0.717) is 25.4 Å². The highest BCUT2D eigenvalue weighted by Gasteiger charge is 2.35. The van der Waals surface area contributed by atoms with Gasteiger partial charge in [0.2, 0.25) is 10.0 Å². The molecule has 0 radical (unpaired) electrons. The van der Waals surface area contributed by atoms with E-state index in [2.05, 4.69) is 0 Å². The Balaban J connectivity index is 2.05. The summed E-state index contributed by atoms with van der Waals surface area (Å²) in [6.45, 7) is 1.08. The number of ether oxygens (including phenoxy) is 2. The summed E-state index contributed by atoms with van der Waals surface area (Å²) in [5, 5.41) is 8.96. The van der Waals surface area contributed by atoms with E-state index in [1.807, 2.05) is 0 Å². The van der Waals surface area contributed by atoms with Gasteiger partial charge in [-0.3, -0.25) is 4.79 Å². The van der Waals surface area contributed by atoms with E-state index < -0.39 is 21.9 Å². The number of rotatable bonds is 7. The number of carboxylic acids is 1. The Morgan fingerprint density at radius 2 is 2.00 bits per heavy atom. The minimum absolute atomic E-state index is 0.0176. The lowest BCUT2D eigenvalue weighted by atomic mass is 10.1. The smallest absolute Gasteiger partial charge is 0.307 e. The Labute approximate surface area is 129 Å². The molecule has 0 bridgehead atoms. The van der Waals surface area contributed by atoms with Crippen LogP contribution in [0, 0.1) is 5.92 Å². The molecule has 1 heterocycles. The zero-order valence-electron chi connectivity index (χ0n) is 12.3. The predicted octanol–water partition coefficient (Wildman–Crippen LogP) is 0.807. The lowest BCUT2D eigenvalue weighted by Crippen LogP contribution is -2.30. The molecule has 0 amide bonds. The van der Waals surface area contributed by atoms with Crippen LogP contribution >= 0.6 is 0 Å². The highest BCUT2D eigenvalue weighted by molar-refractivity contribution is 7.89. The molecule has 1 aliphatic rings. The predicted molar refractivity (Wildman–Crippen MR) is 78.3 cm³/mol. The van der Waals surface area contributed by atoms with Crippen LogP contribution in [0.3, 0.4) is 0 Å². The lowest BCUT2D eigenvalue weighted by Gasteiger charge is -2.16. The molecule has 0 saturated carbocycles. The minimum atomic E-state index is -3.66. The fourth-order valence-electron chi connectivity index (χ4n) is 2.25. The van der Waals surface area contributed by atoms with E-state index in [1.165, 1.54) is 16.4 Å². The van der Waals surface area contributed by atoms with E-state index >= 15 is 0 Å². The van der Waals surface area contributed by atoms with Gasteiger partial charge in [0.1, 0.15) is 12.4 Å². The van der Waals surface area contributed by atoms with Gasteiger partial charge in [-0.2, -0.15) is 4.31 Å². The summed E-state index contributed by atoms with van der Waals surface area (Å²) >= 11 is 0. The number of sulfonamides is 1. The molecule has 0 aromatic heterocycles. The number of hydrogen-bond donors (Lipinski definition) is 1. The van der Waals surface area contributed by atoms with Gasteiger partial charge < -0.3 is 14.6 Å². The van der Waals surface area contributed by atoms with Crippen LogP contribution in [0.2, 0.25) is 0 Å². The number of hydrogen-bond acceptors (Lipinski definition) is 5. The van der Waals surface area contributed by atoms with E-state index in [4.69, 9.17) is 14.6 Å². The standard InChI is InChI=1S/C14H19NO6S/c1-20-8-9-21-12-2-4-13(5-3-12)22(18,19)15-7-6-11(10-15)14(16)17/h2-5,11H,6-10H2,1H3,(H,16,17)/t11-/m0/s1. The van der Waals surface area contributed by atoms with Crippen molar-refractivity contribution in [1.82, 2.24) is 4.31 Å². The first kappa shape index (κ1) is 16.7. The number of aliphatic carboxylic acids is 1. The van der Waals surface area contributed by atoms with Crippen molar-refractivity contribution >= 4 is 16.0 Å². The number of nitrogens with zero attached hydrogens (tertiary/aromatic N) is 1. The molecule has 1 atom stereocenters. The Kier molecular flexibility index (Phi) is 5.38. The highest BCUT2D eigenvalue weighted by atomic mass is 32.2. The maximum absolute atomic E-state index is 12.4. The summed E-state index contributed by atoms with van der Waals surface area (Å²) in [5.41, 5.74) is 0. The van der Waals surface area contributed by atoms with E-state index in [1.54, 1.807) is 19.2 Å². The molecule has 8 heteroatoms. The SMILES string of the molecule is COCCOc1ccc(S(=O)(=O)N2CC[C@H](C(=O)O)C2)cc1. The summed E-state index contributed by atoms with van der Waals surface area (Å²) in [7, 11) is -2.09. The third-order valence-electron chi connectivity index (χ3n) is 3.52. The largest absolute Gasteiger partial charge is 0.491 e. The van der Waals surface area contributed by atoms with Crippen molar-refractivity contribution in [3.8, 4) is 5.75 Å². The van der Waals surface area contributed by atoms with Crippen molar-refractivity contribution in [2.45, 2.75) is 11.3 Å². The second-order valence-corrected chi connectivity index (χ2v) is 6.94. The van der Waals surface area contributed by atoms with Crippen molar-refractivity contribution < 1.29 is 27.8 Å². The molecule has 0 unspecified atom stereocenters. The second-order valence-electron chi connectivity index (χ2n) is 5.00. The molecular formula is C14H19NO6S. The average Bonchev–Trinajstić information content (AvgIpc) is 2.99. The lowest BCUT2D eigenvalue weighted by molar-refractivity contribution is -0.141. The zero-order chi connectivity index (χ0) is 16.2. The van der Waals surface area contributed by atoms with Crippen molar-refractivity contribution in [2.24, 2.45) is 5.92 Å². The van der Waals surface area contributed by atoms with Crippen LogP contribution in [0.5, 0.6) is 5.75 Å². The van der Waals surface area contributed by atoms with Crippen molar-refractivity contribution in [2.75, 3.05) is 33.4 Å². The molecule has 2 rings (SSSR count). The van der Waals surface area contributed by atoms with Crippen LogP contribution in [0.15, 0.2) is 29.2 Å². The third-order valence-corrected chi connectivity index (χ3v) is 5.40. The molecule has 1 N–H and O–H groups in total. The topological polar surface area (TPSA) is 93.1 Å². The van der Waals surface area contributed by atoms with Crippen molar-refractivity contribution in [1.29, 1.82) is 0 Å². The molecule has 1 saturated heterocycles. The fourth-order valence-corrected chi connectivity index (χ4v) is 3.75. The van der Waals surface area contributed by atoms with Crippen LogP contribution in [0.25, 0.3) is 0 Å². The van der Waals surface area contributed by atoms with Gasteiger partial charge in [0.25, 0.3) is 0 Å². The number of methoxy groups -OCH3 is 1. The Bertz CT molecular complexity index is 613. The summed E-state index contributed by atoms with van der Waals surface area (Å²) in [6, 6.07) is 6.08. The van der Waals surface area contributed by atoms with Crippen LogP contribution in [-0.4, -0.2) is 57.2 Å². The Morgan fingerprint density at radius 1 is 1.32 bits per heavy atom. The molecule has 1 aliphatic heterocycles. The van der Waals surface area contributed by atoms with Gasteiger partial charge in [-0.1, -0.05) is 0 Å². The number of benzene rings is 1. The first-order valence-electron chi connectivity index (χ1n) is 6.90.